The lowest BCUT2D eigenvalue weighted by atomic mass is 9.80. The zero-order valence-electron chi connectivity index (χ0n) is 14.1. The molecule has 2 aromatic carbocycles. The van der Waals surface area contributed by atoms with Crippen LogP contribution in [0, 0.1) is 5.41 Å². The molecule has 2 atom stereocenters. The summed E-state index contributed by atoms with van der Waals surface area (Å²) in [4.78, 5) is 14.2. The smallest absolute Gasteiger partial charge is 0.179 e. The van der Waals surface area contributed by atoms with Gasteiger partial charge < -0.3 is 4.74 Å². The highest BCUT2D eigenvalue weighted by Gasteiger charge is 2.45. The maximum Gasteiger partial charge on any atom is 0.179 e. The first-order valence-corrected chi connectivity index (χ1v) is 9.11. The van der Waals surface area contributed by atoms with Crippen LogP contribution in [0.2, 0.25) is 0 Å². The van der Waals surface area contributed by atoms with Crippen LogP contribution in [0.25, 0.3) is 10.8 Å². The van der Waals surface area contributed by atoms with Crippen LogP contribution in [0.15, 0.2) is 53.9 Å². The molecule has 0 N–H and O–H groups in total. The first-order valence-electron chi connectivity index (χ1n) is 8.23. The fourth-order valence-electron chi connectivity index (χ4n) is 3.45. The highest BCUT2D eigenvalue weighted by Crippen LogP contribution is 2.48. The highest BCUT2D eigenvalue weighted by atomic mass is 32.1. The summed E-state index contributed by atoms with van der Waals surface area (Å²) >= 11 is 1.69. The van der Waals surface area contributed by atoms with Crippen molar-refractivity contribution in [1.82, 2.24) is 0 Å². The van der Waals surface area contributed by atoms with Crippen molar-refractivity contribution < 1.29 is 9.53 Å². The lowest BCUT2D eigenvalue weighted by molar-refractivity contribution is -0.133. The maximum absolute atomic E-state index is 13.1. The van der Waals surface area contributed by atoms with E-state index in [0.717, 1.165) is 11.3 Å². The SMILES string of the molecule is CC(C)(C)C(=O)C1Oc2ccc3ccccc3c2C1c1cccs1. The molecule has 3 aromatic rings. The summed E-state index contributed by atoms with van der Waals surface area (Å²) in [6.45, 7) is 5.89. The zero-order valence-corrected chi connectivity index (χ0v) is 14.9. The van der Waals surface area contributed by atoms with Crippen LogP contribution >= 0.6 is 11.3 Å². The molecule has 0 radical (unpaired) electrons. The molecule has 0 aliphatic carbocycles. The summed E-state index contributed by atoms with van der Waals surface area (Å²) in [6.07, 6.45) is -0.454. The van der Waals surface area contributed by atoms with Gasteiger partial charge in [-0.05, 0) is 28.3 Å². The summed E-state index contributed by atoms with van der Waals surface area (Å²) < 4.78 is 6.20. The van der Waals surface area contributed by atoms with E-state index in [2.05, 4.69) is 29.6 Å². The molecule has 2 heterocycles. The molecule has 0 amide bonds. The Morgan fingerprint density at radius 1 is 1.04 bits per heavy atom. The van der Waals surface area contributed by atoms with Gasteiger partial charge in [0.05, 0.1) is 5.92 Å². The third-order valence-electron chi connectivity index (χ3n) is 4.65. The Morgan fingerprint density at radius 3 is 2.54 bits per heavy atom. The third-order valence-corrected chi connectivity index (χ3v) is 5.60. The maximum atomic E-state index is 13.1. The number of Topliss-reactive ketones (excluding diaryl/α,β-unsaturated/α-hetero) is 1. The zero-order chi connectivity index (χ0) is 16.9. The number of hydrogen-bond donors (Lipinski definition) is 0. The molecular formula is C21H20O2S. The first kappa shape index (κ1) is 15.4. The number of carbonyl (C=O) groups excluding carboxylic acids is 1. The minimum Gasteiger partial charge on any atom is -0.481 e. The predicted octanol–water partition coefficient (Wildman–Crippen LogP) is 5.41. The van der Waals surface area contributed by atoms with E-state index in [9.17, 15) is 4.79 Å². The van der Waals surface area contributed by atoms with Crippen LogP contribution in [0.3, 0.4) is 0 Å². The number of fused-ring (bicyclic) bond motifs is 3. The number of carbonyl (C=O) groups is 1. The molecule has 2 unspecified atom stereocenters. The topological polar surface area (TPSA) is 26.3 Å². The largest absolute Gasteiger partial charge is 0.481 e. The van der Waals surface area contributed by atoms with Gasteiger partial charge in [0.1, 0.15) is 5.75 Å². The third kappa shape index (κ3) is 2.35. The van der Waals surface area contributed by atoms with Gasteiger partial charge in [0.2, 0.25) is 0 Å². The van der Waals surface area contributed by atoms with Gasteiger partial charge in [-0.2, -0.15) is 0 Å². The predicted molar refractivity (Wildman–Crippen MR) is 99.0 cm³/mol. The summed E-state index contributed by atoms with van der Waals surface area (Å²) in [5, 5.41) is 4.43. The Kier molecular flexibility index (Phi) is 3.50. The quantitative estimate of drug-likeness (QED) is 0.625. The van der Waals surface area contributed by atoms with E-state index in [1.54, 1.807) is 11.3 Å². The van der Waals surface area contributed by atoms with E-state index < -0.39 is 11.5 Å². The monoisotopic (exact) mass is 336 g/mol. The van der Waals surface area contributed by atoms with E-state index in [-0.39, 0.29) is 11.7 Å². The van der Waals surface area contributed by atoms with Gasteiger partial charge in [0, 0.05) is 15.9 Å². The second-order valence-electron chi connectivity index (χ2n) is 7.34. The Morgan fingerprint density at radius 2 is 1.83 bits per heavy atom. The van der Waals surface area contributed by atoms with Crippen molar-refractivity contribution in [3.8, 4) is 5.75 Å². The van der Waals surface area contributed by atoms with Crippen molar-refractivity contribution in [3.05, 3.63) is 64.4 Å². The number of hydrogen-bond acceptors (Lipinski definition) is 3. The number of rotatable bonds is 2. The van der Waals surface area contributed by atoms with E-state index >= 15 is 0 Å². The van der Waals surface area contributed by atoms with E-state index in [4.69, 9.17) is 4.74 Å². The normalized spacial score (nSPS) is 20.0. The Hall–Kier alpha value is -2.13. The summed E-state index contributed by atoms with van der Waals surface area (Å²) in [7, 11) is 0. The van der Waals surface area contributed by atoms with Gasteiger partial charge in [-0.15, -0.1) is 11.3 Å². The van der Waals surface area contributed by atoms with Gasteiger partial charge in [-0.25, -0.2) is 0 Å². The molecule has 1 aromatic heterocycles. The van der Waals surface area contributed by atoms with Crippen LogP contribution < -0.4 is 4.74 Å². The first-order chi connectivity index (χ1) is 11.5. The summed E-state index contributed by atoms with van der Waals surface area (Å²) in [5.74, 6) is 0.966. The fourth-order valence-corrected chi connectivity index (χ4v) is 4.31. The number of ether oxygens (including phenoxy) is 1. The van der Waals surface area contributed by atoms with E-state index in [1.165, 1.54) is 15.6 Å². The average molecular weight is 336 g/mol. The number of thiophene rings is 1. The van der Waals surface area contributed by atoms with Crippen molar-refractivity contribution in [2.75, 3.05) is 0 Å². The average Bonchev–Trinajstić information content (AvgIpc) is 3.20. The molecule has 0 spiro atoms. The van der Waals surface area contributed by atoms with Gasteiger partial charge in [-0.3, -0.25) is 4.79 Å². The van der Waals surface area contributed by atoms with Crippen LogP contribution in [0.1, 0.15) is 37.1 Å². The van der Waals surface area contributed by atoms with Crippen molar-refractivity contribution in [1.29, 1.82) is 0 Å². The van der Waals surface area contributed by atoms with E-state index in [1.807, 2.05) is 45.0 Å². The molecule has 2 nitrogen and oxygen atoms in total. The second-order valence-corrected chi connectivity index (χ2v) is 8.32. The summed E-state index contributed by atoms with van der Waals surface area (Å²) in [6, 6.07) is 16.6. The lowest BCUT2D eigenvalue weighted by Crippen LogP contribution is -2.38. The molecule has 4 rings (SSSR count). The molecule has 0 fully saturated rings. The van der Waals surface area contributed by atoms with Crippen LogP contribution in [-0.2, 0) is 4.79 Å². The van der Waals surface area contributed by atoms with Crippen molar-refractivity contribution in [2.45, 2.75) is 32.8 Å². The van der Waals surface area contributed by atoms with Crippen LogP contribution in [0.5, 0.6) is 5.75 Å². The van der Waals surface area contributed by atoms with Crippen molar-refractivity contribution >= 4 is 27.9 Å². The molecule has 122 valence electrons. The van der Waals surface area contributed by atoms with Gasteiger partial charge >= 0.3 is 0 Å². The molecule has 0 bridgehead atoms. The lowest BCUT2D eigenvalue weighted by Gasteiger charge is -2.25. The van der Waals surface area contributed by atoms with Crippen LogP contribution in [0.4, 0.5) is 0 Å². The minimum atomic E-state index is -0.454. The van der Waals surface area contributed by atoms with Gasteiger partial charge in [0.25, 0.3) is 0 Å². The summed E-state index contributed by atoms with van der Waals surface area (Å²) in [5.41, 5.74) is 0.719. The highest BCUT2D eigenvalue weighted by molar-refractivity contribution is 7.10. The molecule has 24 heavy (non-hydrogen) atoms. The molecule has 0 saturated heterocycles. The van der Waals surface area contributed by atoms with E-state index in [0.29, 0.717) is 0 Å². The molecule has 1 aliphatic rings. The molecule has 0 saturated carbocycles. The fraction of sp³-hybridized carbons (Fsp3) is 0.286. The number of ketones is 1. The van der Waals surface area contributed by atoms with Crippen molar-refractivity contribution in [3.63, 3.8) is 0 Å². The Bertz CT molecular complexity index is 903. The Labute approximate surface area is 146 Å². The number of benzene rings is 2. The van der Waals surface area contributed by atoms with Gasteiger partial charge in [-0.1, -0.05) is 57.2 Å². The van der Waals surface area contributed by atoms with Gasteiger partial charge in [0.15, 0.2) is 11.9 Å². The molecule has 3 heteroatoms. The molecular weight excluding hydrogens is 316 g/mol. The Balaban J connectivity index is 1.94. The standard InChI is InChI=1S/C21H20O2S/c1-21(2,3)20(22)19-18(16-9-6-12-24-16)17-14-8-5-4-7-13(14)10-11-15(17)23-19/h4-12,18-19H,1-3H3. The molecule has 1 aliphatic heterocycles. The van der Waals surface area contributed by atoms with Crippen molar-refractivity contribution in [2.24, 2.45) is 5.41 Å². The minimum absolute atomic E-state index is 0.0298. The second kappa shape index (κ2) is 5.45. The van der Waals surface area contributed by atoms with Crippen LogP contribution in [-0.4, -0.2) is 11.9 Å².